The van der Waals surface area contributed by atoms with Crippen molar-refractivity contribution in [1.29, 1.82) is 0 Å². The molecule has 112 valence electrons. The third kappa shape index (κ3) is 6.89. The number of hydrogen-bond donors (Lipinski definition) is 1. The van der Waals surface area contributed by atoms with Crippen molar-refractivity contribution in [2.45, 2.75) is 39.2 Å². The lowest BCUT2D eigenvalue weighted by atomic mass is 10.3. The van der Waals surface area contributed by atoms with E-state index in [1.165, 1.54) is 0 Å². The average Bonchev–Trinajstić information content (AvgIpc) is 2.82. The minimum absolute atomic E-state index is 0.268. The van der Waals surface area contributed by atoms with Gasteiger partial charge in [-0.15, -0.1) is 0 Å². The Morgan fingerprint density at radius 3 is 2.79 bits per heavy atom. The van der Waals surface area contributed by atoms with Crippen LogP contribution >= 0.6 is 0 Å². The van der Waals surface area contributed by atoms with Crippen molar-refractivity contribution < 1.29 is 14.6 Å². The first kappa shape index (κ1) is 16.4. The Morgan fingerprint density at radius 2 is 2.16 bits per heavy atom. The standard InChI is InChI=1S/C14H28N2O3/c1-3-15(4-2)10-11-19-13-7-9-16(12-13)8-5-6-14(17)18/h13H,3-12H2,1-2H3,(H,17,18). The third-order valence-corrected chi connectivity index (χ3v) is 3.75. The second-order valence-electron chi connectivity index (χ2n) is 5.11. The van der Waals surface area contributed by atoms with Crippen molar-refractivity contribution in [3.05, 3.63) is 0 Å². The van der Waals surface area contributed by atoms with E-state index in [-0.39, 0.29) is 6.42 Å². The summed E-state index contributed by atoms with van der Waals surface area (Å²) in [5.74, 6) is -0.703. The summed E-state index contributed by atoms with van der Waals surface area (Å²) >= 11 is 0. The molecule has 0 bridgehead atoms. The van der Waals surface area contributed by atoms with E-state index in [9.17, 15) is 4.79 Å². The Balaban J connectivity index is 2.06. The molecule has 1 fully saturated rings. The maximum atomic E-state index is 10.5. The van der Waals surface area contributed by atoms with E-state index in [0.717, 1.165) is 58.7 Å². The van der Waals surface area contributed by atoms with Crippen LogP contribution in [0.15, 0.2) is 0 Å². The van der Waals surface area contributed by atoms with E-state index in [0.29, 0.717) is 6.10 Å². The summed E-state index contributed by atoms with van der Waals surface area (Å²) < 4.78 is 5.90. The second-order valence-corrected chi connectivity index (χ2v) is 5.11. The van der Waals surface area contributed by atoms with Crippen LogP contribution in [0.2, 0.25) is 0 Å². The fourth-order valence-electron chi connectivity index (χ4n) is 2.48. The molecule has 0 spiro atoms. The number of likely N-dealkylation sites (tertiary alicyclic amines) is 1. The number of nitrogens with zero attached hydrogens (tertiary/aromatic N) is 2. The van der Waals surface area contributed by atoms with Crippen LogP contribution in [0.5, 0.6) is 0 Å². The summed E-state index contributed by atoms with van der Waals surface area (Å²) in [6.45, 7) is 11.2. The zero-order valence-electron chi connectivity index (χ0n) is 12.3. The molecule has 0 aromatic carbocycles. The molecule has 0 amide bonds. The van der Waals surface area contributed by atoms with Crippen LogP contribution in [-0.2, 0) is 9.53 Å². The Labute approximate surface area is 116 Å². The largest absolute Gasteiger partial charge is 0.481 e. The first-order valence-electron chi connectivity index (χ1n) is 7.43. The number of carbonyl (C=O) groups is 1. The molecule has 0 aromatic rings. The third-order valence-electron chi connectivity index (χ3n) is 3.75. The van der Waals surface area contributed by atoms with Gasteiger partial charge in [0.05, 0.1) is 12.7 Å². The highest BCUT2D eigenvalue weighted by atomic mass is 16.5. The molecular formula is C14H28N2O3. The van der Waals surface area contributed by atoms with Crippen LogP contribution in [0.3, 0.4) is 0 Å². The van der Waals surface area contributed by atoms with Gasteiger partial charge in [-0.25, -0.2) is 0 Å². The van der Waals surface area contributed by atoms with Gasteiger partial charge in [0, 0.05) is 26.1 Å². The Kier molecular flexibility index (Phi) is 8.02. The molecule has 1 unspecified atom stereocenters. The molecule has 1 N–H and O–H groups in total. The van der Waals surface area contributed by atoms with Crippen LogP contribution in [0.4, 0.5) is 0 Å². The number of aliphatic carboxylic acids is 1. The topological polar surface area (TPSA) is 53.0 Å². The average molecular weight is 272 g/mol. The van der Waals surface area contributed by atoms with Crippen molar-refractivity contribution >= 4 is 5.97 Å². The maximum absolute atomic E-state index is 10.5. The molecule has 0 aromatic heterocycles. The van der Waals surface area contributed by atoms with Crippen molar-refractivity contribution in [3.8, 4) is 0 Å². The molecule has 0 saturated carbocycles. The van der Waals surface area contributed by atoms with Crippen molar-refractivity contribution in [2.75, 3.05) is 45.9 Å². The fraction of sp³-hybridized carbons (Fsp3) is 0.929. The van der Waals surface area contributed by atoms with Crippen molar-refractivity contribution in [3.63, 3.8) is 0 Å². The first-order valence-corrected chi connectivity index (χ1v) is 7.43. The SMILES string of the molecule is CCN(CC)CCOC1CCN(CCCC(=O)O)C1. The molecule has 1 atom stereocenters. The van der Waals surface area contributed by atoms with E-state index in [1.807, 2.05) is 0 Å². The highest BCUT2D eigenvalue weighted by Crippen LogP contribution is 2.13. The molecule has 1 saturated heterocycles. The summed E-state index contributed by atoms with van der Waals surface area (Å²) in [6.07, 6.45) is 2.41. The van der Waals surface area contributed by atoms with E-state index in [4.69, 9.17) is 9.84 Å². The maximum Gasteiger partial charge on any atom is 0.303 e. The van der Waals surface area contributed by atoms with Crippen LogP contribution in [-0.4, -0.2) is 72.9 Å². The van der Waals surface area contributed by atoms with Gasteiger partial charge in [-0.05, 0) is 32.5 Å². The monoisotopic (exact) mass is 272 g/mol. The molecule has 1 aliphatic heterocycles. The molecule has 0 radical (unpaired) electrons. The molecule has 5 nitrogen and oxygen atoms in total. The molecule has 1 rings (SSSR count). The smallest absolute Gasteiger partial charge is 0.303 e. The van der Waals surface area contributed by atoms with Crippen molar-refractivity contribution in [2.24, 2.45) is 0 Å². The minimum atomic E-state index is -0.703. The van der Waals surface area contributed by atoms with Gasteiger partial charge >= 0.3 is 5.97 Å². The van der Waals surface area contributed by atoms with Crippen LogP contribution in [0.25, 0.3) is 0 Å². The molecule has 1 heterocycles. The quantitative estimate of drug-likeness (QED) is 0.649. The zero-order valence-corrected chi connectivity index (χ0v) is 12.3. The summed E-state index contributed by atoms with van der Waals surface area (Å²) in [5.41, 5.74) is 0. The van der Waals surface area contributed by atoms with E-state index < -0.39 is 5.97 Å². The van der Waals surface area contributed by atoms with Gasteiger partial charge in [-0.1, -0.05) is 13.8 Å². The normalized spacial score (nSPS) is 20.3. The number of hydrogen-bond acceptors (Lipinski definition) is 4. The summed E-state index contributed by atoms with van der Waals surface area (Å²) in [5, 5.41) is 8.61. The molecule has 5 heteroatoms. The number of likely N-dealkylation sites (N-methyl/N-ethyl adjacent to an activating group) is 1. The van der Waals surface area contributed by atoms with Gasteiger partial charge in [0.1, 0.15) is 0 Å². The predicted molar refractivity (Wildman–Crippen MR) is 75.5 cm³/mol. The molecule has 0 aliphatic carbocycles. The van der Waals surface area contributed by atoms with Gasteiger partial charge in [0.25, 0.3) is 0 Å². The lowest BCUT2D eigenvalue weighted by molar-refractivity contribution is -0.137. The predicted octanol–water partition coefficient (Wildman–Crippen LogP) is 1.28. The molecule has 19 heavy (non-hydrogen) atoms. The first-order chi connectivity index (χ1) is 9.15. The van der Waals surface area contributed by atoms with Crippen LogP contribution in [0.1, 0.15) is 33.1 Å². The summed E-state index contributed by atoms with van der Waals surface area (Å²) in [4.78, 5) is 15.1. The highest BCUT2D eigenvalue weighted by Gasteiger charge is 2.22. The van der Waals surface area contributed by atoms with Crippen LogP contribution in [0, 0.1) is 0 Å². The molecular weight excluding hydrogens is 244 g/mol. The van der Waals surface area contributed by atoms with E-state index in [2.05, 4.69) is 23.6 Å². The van der Waals surface area contributed by atoms with Gasteiger partial charge in [0.15, 0.2) is 0 Å². The number of rotatable bonds is 10. The Hall–Kier alpha value is -0.650. The second kappa shape index (κ2) is 9.28. The van der Waals surface area contributed by atoms with E-state index in [1.54, 1.807) is 0 Å². The number of carboxylic acids is 1. The summed E-state index contributed by atoms with van der Waals surface area (Å²) in [7, 11) is 0. The lowest BCUT2D eigenvalue weighted by Gasteiger charge is -2.20. The summed E-state index contributed by atoms with van der Waals surface area (Å²) in [6, 6.07) is 0. The van der Waals surface area contributed by atoms with Gasteiger partial charge < -0.3 is 19.6 Å². The van der Waals surface area contributed by atoms with Crippen LogP contribution < -0.4 is 0 Å². The number of ether oxygens (including phenoxy) is 1. The van der Waals surface area contributed by atoms with Crippen molar-refractivity contribution in [1.82, 2.24) is 9.80 Å². The zero-order chi connectivity index (χ0) is 14.1. The van der Waals surface area contributed by atoms with Gasteiger partial charge in [-0.2, -0.15) is 0 Å². The Morgan fingerprint density at radius 1 is 1.42 bits per heavy atom. The number of carboxylic acid groups (broad SMARTS) is 1. The highest BCUT2D eigenvalue weighted by molar-refractivity contribution is 5.66. The Bertz CT molecular complexity index is 257. The van der Waals surface area contributed by atoms with E-state index >= 15 is 0 Å². The lowest BCUT2D eigenvalue weighted by Crippen LogP contribution is -2.30. The van der Waals surface area contributed by atoms with Gasteiger partial charge in [-0.3, -0.25) is 4.79 Å². The fourth-order valence-corrected chi connectivity index (χ4v) is 2.48. The minimum Gasteiger partial charge on any atom is -0.481 e. The molecule has 1 aliphatic rings. The van der Waals surface area contributed by atoms with Gasteiger partial charge in [0.2, 0.25) is 0 Å².